The van der Waals surface area contributed by atoms with Crippen LogP contribution in [0.1, 0.15) is 0 Å². The fraction of sp³-hybridized carbons (Fsp3) is 0.100. The lowest BCUT2D eigenvalue weighted by Gasteiger charge is -2.04. The minimum atomic E-state index is -0.542. The molecule has 19 heavy (non-hydrogen) atoms. The molecule has 1 amide bonds. The molecule has 9 heteroatoms. The van der Waals surface area contributed by atoms with Gasteiger partial charge in [-0.05, 0) is 6.07 Å². The number of nitrogens with zero attached hydrogens (tertiary/aromatic N) is 3. The number of hydrogen-bond acceptors (Lipinski definition) is 6. The molecule has 2 rings (SSSR count). The number of hydrogen-bond donors (Lipinski definition) is 2. The van der Waals surface area contributed by atoms with Crippen molar-refractivity contribution >= 4 is 29.0 Å². The first-order valence-corrected chi connectivity index (χ1v) is 6.17. The molecule has 1 aromatic carbocycles. The highest BCUT2D eigenvalue weighted by molar-refractivity contribution is 7.99. The summed E-state index contributed by atoms with van der Waals surface area (Å²) in [5.41, 5.74) is 0.0381. The van der Waals surface area contributed by atoms with Crippen molar-refractivity contribution in [2.24, 2.45) is 0 Å². The van der Waals surface area contributed by atoms with Crippen molar-refractivity contribution in [1.82, 2.24) is 15.2 Å². The SMILES string of the molecule is O=C(CSc1ncn[nH]1)Nc1ccccc1[N+](=O)[O-]. The van der Waals surface area contributed by atoms with Crippen LogP contribution in [0.25, 0.3) is 0 Å². The van der Waals surface area contributed by atoms with E-state index in [1.807, 2.05) is 0 Å². The molecule has 0 aliphatic rings. The van der Waals surface area contributed by atoms with Crippen LogP contribution in [-0.4, -0.2) is 31.8 Å². The first-order chi connectivity index (χ1) is 9.16. The van der Waals surface area contributed by atoms with Gasteiger partial charge in [-0.2, -0.15) is 5.10 Å². The van der Waals surface area contributed by atoms with Gasteiger partial charge in [-0.15, -0.1) is 0 Å². The Hall–Kier alpha value is -2.42. The molecule has 1 aromatic heterocycles. The number of thioether (sulfide) groups is 1. The average molecular weight is 279 g/mol. The lowest BCUT2D eigenvalue weighted by atomic mass is 10.2. The van der Waals surface area contributed by atoms with Crippen molar-refractivity contribution < 1.29 is 9.72 Å². The molecule has 2 aromatic rings. The lowest BCUT2D eigenvalue weighted by Crippen LogP contribution is -2.15. The van der Waals surface area contributed by atoms with Gasteiger partial charge in [0.05, 0.1) is 10.7 Å². The van der Waals surface area contributed by atoms with Gasteiger partial charge in [0.2, 0.25) is 5.91 Å². The summed E-state index contributed by atoms with van der Waals surface area (Å²) in [4.78, 5) is 25.7. The molecule has 8 nitrogen and oxygen atoms in total. The zero-order valence-electron chi connectivity index (χ0n) is 9.57. The number of anilines is 1. The first-order valence-electron chi connectivity index (χ1n) is 5.18. The van der Waals surface area contributed by atoms with Gasteiger partial charge in [0.1, 0.15) is 12.0 Å². The largest absolute Gasteiger partial charge is 0.320 e. The Bertz CT molecular complexity index is 587. The molecule has 98 valence electrons. The maximum absolute atomic E-state index is 11.7. The van der Waals surface area contributed by atoms with Gasteiger partial charge in [0.15, 0.2) is 5.16 Å². The molecular formula is C10H9N5O3S. The van der Waals surface area contributed by atoms with Crippen LogP contribution in [0.5, 0.6) is 0 Å². The van der Waals surface area contributed by atoms with Crippen LogP contribution >= 0.6 is 11.8 Å². The normalized spacial score (nSPS) is 10.1. The number of para-hydroxylation sites is 2. The number of amides is 1. The monoisotopic (exact) mass is 279 g/mol. The van der Waals surface area contributed by atoms with Crippen molar-refractivity contribution in [1.29, 1.82) is 0 Å². The molecule has 0 fully saturated rings. The Morgan fingerprint density at radius 2 is 2.26 bits per heavy atom. The Balaban J connectivity index is 1.97. The van der Waals surface area contributed by atoms with Crippen LogP contribution in [0, 0.1) is 10.1 Å². The van der Waals surface area contributed by atoms with E-state index >= 15 is 0 Å². The highest BCUT2D eigenvalue weighted by Gasteiger charge is 2.14. The van der Waals surface area contributed by atoms with Crippen molar-refractivity contribution in [3.63, 3.8) is 0 Å². The third-order valence-electron chi connectivity index (χ3n) is 2.11. The minimum absolute atomic E-state index is 0.0846. The molecule has 0 saturated heterocycles. The Morgan fingerprint density at radius 1 is 1.47 bits per heavy atom. The predicted octanol–water partition coefficient (Wildman–Crippen LogP) is 1.44. The van der Waals surface area contributed by atoms with E-state index in [2.05, 4.69) is 20.5 Å². The molecule has 0 bridgehead atoms. The fourth-order valence-corrected chi connectivity index (χ4v) is 1.90. The summed E-state index contributed by atoms with van der Waals surface area (Å²) in [6, 6.07) is 5.97. The molecule has 0 aliphatic carbocycles. The number of rotatable bonds is 5. The van der Waals surface area contributed by atoms with Gasteiger partial charge in [-0.25, -0.2) is 4.98 Å². The van der Waals surface area contributed by atoms with Crippen molar-refractivity contribution in [3.8, 4) is 0 Å². The maximum Gasteiger partial charge on any atom is 0.292 e. The minimum Gasteiger partial charge on any atom is -0.320 e. The number of aromatic nitrogens is 3. The summed E-state index contributed by atoms with van der Waals surface area (Å²) >= 11 is 1.16. The number of aromatic amines is 1. The van der Waals surface area contributed by atoms with E-state index in [9.17, 15) is 14.9 Å². The Kier molecular flexibility index (Phi) is 4.08. The van der Waals surface area contributed by atoms with E-state index < -0.39 is 4.92 Å². The summed E-state index contributed by atoms with van der Waals surface area (Å²) in [5, 5.41) is 20.0. The van der Waals surface area contributed by atoms with Crippen molar-refractivity contribution in [3.05, 3.63) is 40.7 Å². The topological polar surface area (TPSA) is 114 Å². The number of H-pyrrole nitrogens is 1. The third-order valence-corrected chi connectivity index (χ3v) is 2.98. The highest BCUT2D eigenvalue weighted by atomic mass is 32.2. The summed E-state index contributed by atoms with van der Waals surface area (Å²) in [6.45, 7) is 0. The number of carbonyl (C=O) groups is 1. The quantitative estimate of drug-likeness (QED) is 0.486. The Labute approximate surface area is 111 Å². The first kappa shape index (κ1) is 13.0. The number of nitrogens with one attached hydrogen (secondary N) is 2. The van der Waals surface area contributed by atoms with E-state index in [-0.39, 0.29) is 23.0 Å². The van der Waals surface area contributed by atoms with Gasteiger partial charge in [0, 0.05) is 6.07 Å². The molecular weight excluding hydrogens is 270 g/mol. The van der Waals surface area contributed by atoms with E-state index in [0.717, 1.165) is 11.8 Å². The second-order valence-electron chi connectivity index (χ2n) is 3.40. The molecule has 1 heterocycles. The number of nitro groups is 1. The molecule has 0 atom stereocenters. The van der Waals surface area contributed by atoms with Gasteiger partial charge in [0.25, 0.3) is 5.69 Å². The van der Waals surface area contributed by atoms with Gasteiger partial charge < -0.3 is 5.32 Å². The average Bonchev–Trinajstić information content (AvgIpc) is 2.90. The van der Waals surface area contributed by atoms with Gasteiger partial charge in [-0.3, -0.25) is 20.0 Å². The van der Waals surface area contributed by atoms with E-state index in [1.54, 1.807) is 6.07 Å². The second kappa shape index (κ2) is 5.96. The molecule has 0 aliphatic heterocycles. The summed E-state index contributed by atoms with van der Waals surface area (Å²) in [5.74, 6) is -0.267. The number of carbonyl (C=O) groups excluding carboxylic acids is 1. The van der Waals surface area contributed by atoms with E-state index in [4.69, 9.17) is 0 Å². The maximum atomic E-state index is 11.7. The van der Waals surface area contributed by atoms with Crippen LogP contribution in [-0.2, 0) is 4.79 Å². The highest BCUT2D eigenvalue weighted by Crippen LogP contribution is 2.23. The smallest absolute Gasteiger partial charge is 0.292 e. The van der Waals surface area contributed by atoms with Crippen LogP contribution in [0.4, 0.5) is 11.4 Å². The predicted molar refractivity (Wildman–Crippen MR) is 68.8 cm³/mol. The molecule has 0 unspecified atom stereocenters. The molecule has 0 radical (unpaired) electrons. The van der Waals surface area contributed by atoms with Crippen molar-refractivity contribution in [2.75, 3.05) is 11.1 Å². The zero-order valence-corrected chi connectivity index (χ0v) is 10.4. The second-order valence-corrected chi connectivity index (χ2v) is 4.37. The zero-order chi connectivity index (χ0) is 13.7. The number of nitro benzene ring substituents is 1. The van der Waals surface area contributed by atoms with Crippen molar-refractivity contribution in [2.45, 2.75) is 5.16 Å². The van der Waals surface area contributed by atoms with Gasteiger partial charge >= 0.3 is 0 Å². The molecule has 0 saturated carbocycles. The fourth-order valence-electron chi connectivity index (χ4n) is 1.32. The summed E-state index contributed by atoms with van der Waals surface area (Å²) in [7, 11) is 0. The molecule has 0 spiro atoms. The van der Waals surface area contributed by atoms with Crippen LogP contribution in [0.3, 0.4) is 0 Å². The molecule has 2 N–H and O–H groups in total. The Morgan fingerprint density at radius 3 is 2.95 bits per heavy atom. The van der Waals surface area contributed by atoms with Gasteiger partial charge in [-0.1, -0.05) is 23.9 Å². The summed E-state index contributed by atoms with van der Waals surface area (Å²) < 4.78 is 0. The standard InChI is InChI=1S/C10H9N5O3S/c16-9(5-19-10-11-6-12-14-10)13-7-3-1-2-4-8(7)15(17)18/h1-4,6H,5H2,(H,13,16)(H,11,12,14). The van der Waals surface area contributed by atoms with Crippen LogP contribution < -0.4 is 5.32 Å². The third kappa shape index (κ3) is 3.52. The number of benzene rings is 1. The lowest BCUT2D eigenvalue weighted by molar-refractivity contribution is -0.383. The van der Waals surface area contributed by atoms with E-state index in [1.165, 1.54) is 24.5 Å². The van der Waals surface area contributed by atoms with E-state index in [0.29, 0.717) is 5.16 Å². The van der Waals surface area contributed by atoms with Crippen LogP contribution in [0.2, 0.25) is 0 Å². The summed E-state index contributed by atoms with van der Waals surface area (Å²) in [6.07, 6.45) is 1.34. The van der Waals surface area contributed by atoms with Crippen LogP contribution in [0.15, 0.2) is 35.7 Å².